The number of methoxy groups -OCH3 is 1. The molecule has 0 N–H and O–H groups in total. The molecule has 0 radical (unpaired) electrons. The number of ether oxygens (including phenoxy) is 1. The highest BCUT2D eigenvalue weighted by Gasteiger charge is 2.13. The lowest BCUT2D eigenvalue weighted by molar-refractivity contribution is 0.313. The molecular formula is C14H24N2O. The van der Waals surface area contributed by atoms with Gasteiger partial charge in [0.15, 0.2) is 0 Å². The molecule has 1 aromatic carbocycles. The molecule has 1 aliphatic rings. The Balaban J connectivity index is 0.000000686. The molecule has 0 saturated carbocycles. The van der Waals surface area contributed by atoms with E-state index < -0.39 is 0 Å². The molecular weight excluding hydrogens is 212 g/mol. The first-order valence-corrected chi connectivity index (χ1v) is 6.37. The molecule has 1 heterocycles. The van der Waals surface area contributed by atoms with E-state index in [1.54, 1.807) is 7.11 Å². The van der Waals surface area contributed by atoms with Gasteiger partial charge in [0.05, 0.1) is 7.11 Å². The van der Waals surface area contributed by atoms with Gasteiger partial charge in [-0.05, 0) is 31.3 Å². The third-order valence-corrected chi connectivity index (χ3v) is 2.94. The number of benzene rings is 1. The number of nitrogens with zero attached hydrogens (tertiary/aromatic N) is 2. The van der Waals surface area contributed by atoms with Crippen molar-refractivity contribution >= 4 is 5.69 Å². The quantitative estimate of drug-likeness (QED) is 0.784. The molecule has 0 aliphatic carbocycles. The van der Waals surface area contributed by atoms with E-state index >= 15 is 0 Å². The number of anilines is 1. The molecule has 96 valence electrons. The molecule has 3 heteroatoms. The highest BCUT2D eigenvalue weighted by atomic mass is 16.5. The SMILES string of the molecule is CC.COc1ccc(N2CCN(C)CC2)cc1. The highest BCUT2D eigenvalue weighted by molar-refractivity contribution is 5.49. The lowest BCUT2D eigenvalue weighted by Gasteiger charge is -2.34. The van der Waals surface area contributed by atoms with E-state index in [9.17, 15) is 0 Å². The fourth-order valence-corrected chi connectivity index (χ4v) is 1.86. The van der Waals surface area contributed by atoms with E-state index in [0.717, 1.165) is 31.9 Å². The van der Waals surface area contributed by atoms with Gasteiger partial charge in [-0.3, -0.25) is 0 Å². The van der Waals surface area contributed by atoms with E-state index in [4.69, 9.17) is 4.74 Å². The number of rotatable bonds is 2. The van der Waals surface area contributed by atoms with Gasteiger partial charge in [-0.2, -0.15) is 0 Å². The van der Waals surface area contributed by atoms with Crippen LogP contribution in [0.15, 0.2) is 24.3 Å². The van der Waals surface area contributed by atoms with Crippen molar-refractivity contribution in [1.82, 2.24) is 4.90 Å². The smallest absolute Gasteiger partial charge is 0.119 e. The summed E-state index contributed by atoms with van der Waals surface area (Å²) in [5, 5.41) is 0. The van der Waals surface area contributed by atoms with Crippen LogP contribution in [0.25, 0.3) is 0 Å². The van der Waals surface area contributed by atoms with Crippen molar-refractivity contribution in [2.24, 2.45) is 0 Å². The monoisotopic (exact) mass is 236 g/mol. The molecule has 2 rings (SSSR count). The van der Waals surface area contributed by atoms with Crippen molar-refractivity contribution in [3.8, 4) is 5.75 Å². The average Bonchev–Trinajstić information content (AvgIpc) is 2.42. The molecule has 0 aromatic heterocycles. The van der Waals surface area contributed by atoms with Crippen LogP contribution in [0.1, 0.15) is 13.8 Å². The summed E-state index contributed by atoms with van der Waals surface area (Å²) < 4.78 is 5.15. The van der Waals surface area contributed by atoms with Crippen LogP contribution in [-0.4, -0.2) is 45.2 Å². The predicted molar refractivity (Wildman–Crippen MR) is 74.1 cm³/mol. The van der Waals surface area contributed by atoms with E-state index in [1.165, 1.54) is 5.69 Å². The first kappa shape index (κ1) is 13.8. The van der Waals surface area contributed by atoms with Gasteiger partial charge in [0.1, 0.15) is 5.75 Å². The fraction of sp³-hybridized carbons (Fsp3) is 0.571. The summed E-state index contributed by atoms with van der Waals surface area (Å²) in [6, 6.07) is 8.30. The fourth-order valence-electron chi connectivity index (χ4n) is 1.86. The van der Waals surface area contributed by atoms with Crippen molar-refractivity contribution in [2.75, 3.05) is 45.2 Å². The maximum absolute atomic E-state index is 5.15. The normalized spacial score (nSPS) is 16.1. The zero-order chi connectivity index (χ0) is 12.7. The van der Waals surface area contributed by atoms with Crippen LogP contribution in [0.3, 0.4) is 0 Å². The lowest BCUT2D eigenvalue weighted by atomic mass is 10.2. The summed E-state index contributed by atoms with van der Waals surface area (Å²) in [5.74, 6) is 0.924. The van der Waals surface area contributed by atoms with Crippen molar-refractivity contribution < 1.29 is 4.74 Å². The molecule has 0 bridgehead atoms. The molecule has 3 nitrogen and oxygen atoms in total. The second kappa shape index (κ2) is 7.17. The first-order chi connectivity index (χ1) is 8.29. The molecule has 1 fully saturated rings. The molecule has 1 aliphatic heterocycles. The van der Waals surface area contributed by atoms with Gasteiger partial charge in [0.25, 0.3) is 0 Å². The minimum Gasteiger partial charge on any atom is -0.497 e. The van der Waals surface area contributed by atoms with Crippen LogP contribution in [0.4, 0.5) is 5.69 Å². The number of hydrogen-bond acceptors (Lipinski definition) is 3. The zero-order valence-electron chi connectivity index (χ0n) is 11.4. The van der Waals surface area contributed by atoms with Crippen LogP contribution >= 0.6 is 0 Å². The summed E-state index contributed by atoms with van der Waals surface area (Å²) in [5.41, 5.74) is 1.30. The molecule has 0 spiro atoms. The lowest BCUT2D eigenvalue weighted by Crippen LogP contribution is -2.44. The first-order valence-electron chi connectivity index (χ1n) is 6.37. The van der Waals surface area contributed by atoms with Crippen molar-refractivity contribution in [2.45, 2.75) is 13.8 Å². The maximum Gasteiger partial charge on any atom is 0.119 e. The number of piperazine rings is 1. The number of hydrogen-bond donors (Lipinski definition) is 0. The van der Waals surface area contributed by atoms with Gasteiger partial charge in [0.2, 0.25) is 0 Å². The third kappa shape index (κ3) is 3.93. The van der Waals surface area contributed by atoms with Gasteiger partial charge in [-0.25, -0.2) is 0 Å². The van der Waals surface area contributed by atoms with E-state index in [-0.39, 0.29) is 0 Å². The Labute approximate surface area is 105 Å². The Morgan fingerprint density at radius 2 is 1.47 bits per heavy atom. The Kier molecular flexibility index (Phi) is 5.84. The Bertz CT molecular complexity index is 303. The standard InChI is InChI=1S/C12H18N2O.C2H6/c1-13-7-9-14(10-8-13)11-3-5-12(15-2)6-4-11;1-2/h3-6H,7-10H2,1-2H3;1-2H3. The summed E-state index contributed by atoms with van der Waals surface area (Å²) in [4.78, 5) is 4.78. The Morgan fingerprint density at radius 1 is 0.941 bits per heavy atom. The van der Waals surface area contributed by atoms with E-state index in [2.05, 4.69) is 29.0 Å². The van der Waals surface area contributed by atoms with E-state index in [1.807, 2.05) is 26.0 Å². The molecule has 0 atom stereocenters. The minimum atomic E-state index is 0.924. The topological polar surface area (TPSA) is 15.7 Å². The zero-order valence-corrected chi connectivity index (χ0v) is 11.4. The van der Waals surface area contributed by atoms with Gasteiger partial charge in [-0.1, -0.05) is 13.8 Å². The van der Waals surface area contributed by atoms with Crippen LogP contribution in [0, 0.1) is 0 Å². The highest BCUT2D eigenvalue weighted by Crippen LogP contribution is 2.19. The molecule has 1 aromatic rings. The van der Waals surface area contributed by atoms with Gasteiger partial charge < -0.3 is 14.5 Å². The van der Waals surface area contributed by atoms with E-state index in [0.29, 0.717) is 0 Å². The van der Waals surface area contributed by atoms with Gasteiger partial charge in [-0.15, -0.1) is 0 Å². The summed E-state index contributed by atoms with van der Waals surface area (Å²) >= 11 is 0. The van der Waals surface area contributed by atoms with Crippen molar-refractivity contribution in [3.05, 3.63) is 24.3 Å². The second-order valence-corrected chi connectivity index (χ2v) is 3.99. The predicted octanol–water partition coefficient (Wildman–Crippen LogP) is 2.47. The summed E-state index contributed by atoms with van der Waals surface area (Å²) in [6.07, 6.45) is 0. The number of likely N-dealkylation sites (N-methyl/N-ethyl adjacent to an activating group) is 1. The average molecular weight is 236 g/mol. The maximum atomic E-state index is 5.15. The molecule has 0 amide bonds. The molecule has 17 heavy (non-hydrogen) atoms. The Hall–Kier alpha value is -1.22. The second-order valence-electron chi connectivity index (χ2n) is 3.99. The molecule has 1 saturated heterocycles. The van der Waals surface area contributed by atoms with Crippen molar-refractivity contribution in [1.29, 1.82) is 0 Å². The van der Waals surface area contributed by atoms with Gasteiger partial charge >= 0.3 is 0 Å². The van der Waals surface area contributed by atoms with Crippen LogP contribution in [0.5, 0.6) is 5.75 Å². The van der Waals surface area contributed by atoms with Crippen LogP contribution < -0.4 is 9.64 Å². The summed E-state index contributed by atoms with van der Waals surface area (Å²) in [7, 11) is 3.87. The van der Waals surface area contributed by atoms with Crippen LogP contribution in [-0.2, 0) is 0 Å². The largest absolute Gasteiger partial charge is 0.497 e. The van der Waals surface area contributed by atoms with Crippen molar-refractivity contribution in [3.63, 3.8) is 0 Å². The minimum absolute atomic E-state index is 0.924. The third-order valence-electron chi connectivity index (χ3n) is 2.94. The van der Waals surface area contributed by atoms with Crippen LogP contribution in [0.2, 0.25) is 0 Å². The molecule has 0 unspecified atom stereocenters. The summed E-state index contributed by atoms with van der Waals surface area (Å²) in [6.45, 7) is 8.52. The Morgan fingerprint density at radius 3 is 1.94 bits per heavy atom. The van der Waals surface area contributed by atoms with Gasteiger partial charge in [0, 0.05) is 31.9 Å².